The molecule has 3 rings (SSSR count). The van der Waals surface area contributed by atoms with Gasteiger partial charge >= 0.3 is 0 Å². The van der Waals surface area contributed by atoms with E-state index in [1.165, 1.54) is 11.8 Å². The Morgan fingerprint density at radius 2 is 2.08 bits per heavy atom. The minimum atomic E-state index is -3.25. The van der Waals surface area contributed by atoms with Gasteiger partial charge in [0.2, 0.25) is 5.91 Å². The van der Waals surface area contributed by atoms with Gasteiger partial charge in [-0.3, -0.25) is 4.79 Å². The summed E-state index contributed by atoms with van der Waals surface area (Å²) in [5, 5.41) is 7.06. The molecule has 0 bridgehead atoms. The number of nitrogens with zero attached hydrogens (tertiary/aromatic N) is 2. The molecular formula is C18H21N3O3S2. The second-order valence-corrected chi connectivity index (χ2v) is 9.40. The number of rotatable bonds is 7. The van der Waals surface area contributed by atoms with Gasteiger partial charge in [0.15, 0.2) is 9.84 Å². The van der Waals surface area contributed by atoms with Crippen molar-refractivity contribution >= 4 is 38.1 Å². The summed E-state index contributed by atoms with van der Waals surface area (Å²) in [6, 6.07) is 9.38. The summed E-state index contributed by atoms with van der Waals surface area (Å²) in [6.45, 7) is 2.00. The van der Waals surface area contributed by atoms with Gasteiger partial charge in [0, 0.05) is 12.3 Å². The maximum absolute atomic E-state index is 12.5. The minimum Gasteiger partial charge on any atom is -0.352 e. The maximum Gasteiger partial charge on any atom is 0.240 e. The number of aromatic nitrogens is 2. The summed E-state index contributed by atoms with van der Waals surface area (Å²) in [5.41, 5.74) is 2.63. The van der Waals surface area contributed by atoms with Crippen molar-refractivity contribution in [1.29, 1.82) is 0 Å². The highest BCUT2D eigenvalue weighted by Gasteiger charge is 2.18. The number of nitrogens with one attached hydrogen (secondary N) is 1. The van der Waals surface area contributed by atoms with Crippen LogP contribution in [-0.4, -0.2) is 36.2 Å². The van der Waals surface area contributed by atoms with E-state index in [0.717, 1.165) is 11.9 Å². The average Bonchev–Trinajstić information content (AvgIpc) is 3.14. The van der Waals surface area contributed by atoms with Gasteiger partial charge in [0.05, 0.1) is 11.0 Å². The van der Waals surface area contributed by atoms with Crippen LogP contribution in [0, 0.1) is 0 Å². The first-order valence-electron chi connectivity index (χ1n) is 8.24. The SMILES string of the molecule is CC(Cc1ccsc1)NC(=O)Cn1c(CS(C)(=O)=O)nc2ccccc21. The number of thiophene rings is 1. The number of carbonyl (C=O) groups is 1. The highest BCUT2D eigenvalue weighted by Crippen LogP contribution is 2.17. The smallest absolute Gasteiger partial charge is 0.240 e. The molecule has 0 fully saturated rings. The third kappa shape index (κ3) is 4.70. The standard InChI is InChI=1S/C18H21N3O3S2/c1-13(9-14-7-8-25-11-14)19-18(22)10-21-16-6-4-3-5-15(16)20-17(21)12-26(2,23)24/h3-8,11,13H,9-10,12H2,1-2H3,(H,19,22). The van der Waals surface area contributed by atoms with E-state index in [1.54, 1.807) is 15.9 Å². The third-order valence-corrected chi connectivity index (χ3v) is 5.47. The minimum absolute atomic E-state index is 0.00903. The van der Waals surface area contributed by atoms with Crippen molar-refractivity contribution in [1.82, 2.24) is 14.9 Å². The Bertz CT molecular complexity index is 1010. The summed E-state index contributed by atoms with van der Waals surface area (Å²) in [5.74, 6) is 0.0272. The molecule has 0 spiro atoms. The summed E-state index contributed by atoms with van der Waals surface area (Å²) >= 11 is 1.63. The van der Waals surface area contributed by atoms with Gasteiger partial charge in [-0.25, -0.2) is 13.4 Å². The van der Waals surface area contributed by atoms with E-state index in [4.69, 9.17) is 0 Å². The van der Waals surface area contributed by atoms with E-state index in [-0.39, 0.29) is 24.2 Å². The van der Waals surface area contributed by atoms with Crippen molar-refractivity contribution in [2.45, 2.75) is 31.7 Å². The molecule has 6 nitrogen and oxygen atoms in total. The van der Waals surface area contributed by atoms with Crippen LogP contribution >= 0.6 is 11.3 Å². The molecule has 8 heteroatoms. The lowest BCUT2D eigenvalue weighted by atomic mass is 10.1. The molecule has 0 aliphatic heterocycles. The zero-order valence-electron chi connectivity index (χ0n) is 14.7. The summed E-state index contributed by atoms with van der Waals surface area (Å²) in [6.07, 6.45) is 1.93. The fourth-order valence-corrected chi connectivity index (χ4v) is 4.29. The van der Waals surface area contributed by atoms with Gasteiger partial charge in [0.1, 0.15) is 18.1 Å². The van der Waals surface area contributed by atoms with Crippen LogP contribution < -0.4 is 5.32 Å². The highest BCUT2D eigenvalue weighted by molar-refractivity contribution is 7.89. The van der Waals surface area contributed by atoms with Crippen LogP contribution in [0.5, 0.6) is 0 Å². The third-order valence-electron chi connectivity index (χ3n) is 3.96. The van der Waals surface area contributed by atoms with Crippen LogP contribution in [0.25, 0.3) is 11.0 Å². The van der Waals surface area contributed by atoms with Crippen molar-refractivity contribution in [2.75, 3.05) is 6.26 Å². The second-order valence-electron chi connectivity index (χ2n) is 6.48. The Morgan fingerprint density at radius 3 is 2.77 bits per heavy atom. The molecule has 0 radical (unpaired) electrons. The number of imidazole rings is 1. The molecule has 0 saturated carbocycles. The number of hydrogen-bond acceptors (Lipinski definition) is 5. The van der Waals surface area contributed by atoms with E-state index in [2.05, 4.69) is 15.7 Å². The van der Waals surface area contributed by atoms with Gasteiger partial charge in [0.25, 0.3) is 0 Å². The quantitative estimate of drug-likeness (QED) is 0.671. The monoisotopic (exact) mass is 391 g/mol. The molecule has 2 aromatic heterocycles. The molecule has 3 aromatic rings. The molecule has 1 atom stereocenters. The van der Waals surface area contributed by atoms with Gasteiger partial charge < -0.3 is 9.88 Å². The number of benzene rings is 1. The Labute approximate surface area is 156 Å². The number of hydrogen-bond donors (Lipinski definition) is 1. The molecule has 0 aliphatic rings. The molecule has 1 unspecified atom stereocenters. The topological polar surface area (TPSA) is 81.1 Å². The molecule has 1 aromatic carbocycles. The molecule has 2 heterocycles. The maximum atomic E-state index is 12.5. The van der Waals surface area contributed by atoms with Crippen molar-refractivity contribution in [3.8, 4) is 0 Å². The normalized spacial score (nSPS) is 13.0. The molecule has 1 N–H and O–H groups in total. The fraction of sp³-hybridized carbons (Fsp3) is 0.333. The van der Waals surface area contributed by atoms with Crippen LogP contribution in [0.15, 0.2) is 41.1 Å². The lowest BCUT2D eigenvalue weighted by Gasteiger charge is -2.15. The van der Waals surface area contributed by atoms with Crippen LogP contribution in [0.1, 0.15) is 18.3 Å². The lowest BCUT2D eigenvalue weighted by Crippen LogP contribution is -2.36. The van der Waals surface area contributed by atoms with Gasteiger partial charge in [-0.2, -0.15) is 11.3 Å². The first kappa shape index (κ1) is 18.6. The Hall–Kier alpha value is -2.19. The molecule has 0 saturated heterocycles. The molecule has 1 amide bonds. The fourth-order valence-electron chi connectivity index (χ4n) is 2.92. The van der Waals surface area contributed by atoms with Crippen LogP contribution in [-0.2, 0) is 33.4 Å². The van der Waals surface area contributed by atoms with E-state index in [0.29, 0.717) is 11.3 Å². The number of carbonyl (C=O) groups excluding carboxylic acids is 1. The molecule has 0 aliphatic carbocycles. The Kier molecular flexibility index (Phi) is 5.43. The number of amides is 1. The summed E-state index contributed by atoms with van der Waals surface area (Å²) in [7, 11) is -3.25. The first-order chi connectivity index (χ1) is 12.3. The molecule has 138 valence electrons. The Morgan fingerprint density at radius 1 is 1.31 bits per heavy atom. The van der Waals surface area contributed by atoms with E-state index >= 15 is 0 Å². The predicted molar refractivity (Wildman–Crippen MR) is 104 cm³/mol. The van der Waals surface area contributed by atoms with Crippen molar-refractivity contribution < 1.29 is 13.2 Å². The van der Waals surface area contributed by atoms with Gasteiger partial charge in [-0.1, -0.05) is 12.1 Å². The first-order valence-corrected chi connectivity index (χ1v) is 11.2. The molecule has 26 heavy (non-hydrogen) atoms. The van der Waals surface area contributed by atoms with Gasteiger partial charge in [-0.05, 0) is 47.9 Å². The van der Waals surface area contributed by atoms with Crippen molar-refractivity contribution in [3.05, 3.63) is 52.5 Å². The highest BCUT2D eigenvalue weighted by atomic mass is 32.2. The zero-order valence-corrected chi connectivity index (χ0v) is 16.3. The average molecular weight is 392 g/mol. The zero-order chi connectivity index (χ0) is 18.7. The number of fused-ring (bicyclic) bond motifs is 1. The van der Waals surface area contributed by atoms with Crippen LogP contribution in [0.4, 0.5) is 0 Å². The van der Waals surface area contributed by atoms with Crippen LogP contribution in [0.3, 0.4) is 0 Å². The number of sulfone groups is 1. The van der Waals surface area contributed by atoms with E-state index in [9.17, 15) is 13.2 Å². The Balaban J connectivity index is 1.78. The van der Waals surface area contributed by atoms with Crippen molar-refractivity contribution in [2.24, 2.45) is 0 Å². The molecular weight excluding hydrogens is 370 g/mol. The largest absolute Gasteiger partial charge is 0.352 e. The van der Waals surface area contributed by atoms with E-state index in [1.807, 2.05) is 42.6 Å². The van der Waals surface area contributed by atoms with Gasteiger partial charge in [-0.15, -0.1) is 0 Å². The van der Waals surface area contributed by atoms with Crippen LogP contribution in [0.2, 0.25) is 0 Å². The lowest BCUT2D eigenvalue weighted by molar-refractivity contribution is -0.122. The summed E-state index contributed by atoms with van der Waals surface area (Å²) < 4.78 is 25.1. The summed E-state index contributed by atoms with van der Waals surface area (Å²) in [4.78, 5) is 16.9. The predicted octanol–water partition coefficient (Wildman–Crippen LogP) is 2.39. The van der Waals surface area contributed by atoms with E-state index < -0.39 is 9.84 Å². The second kappa shape index (κ2) is 7.59. The number of para-hydroxylation sites is 2. The van der Waals surface area contributed by atoms with Crippen molar-refractivity contribution in [3.63, 3.8) is 0 Å².